The lowest BCUT2D eigenvalue weighted by Crippen LogP contribution is -2.30. The van der Waals surface area contributed by atoms with Crippen LogP contribution in [0.3, 0.4) is 0 Å². The van der Waals surface area contributed by atoms with Crippen molar-refractivity contribution in [2.24, 2.45) is 0 Å². The third kappa shape index (κ3) is 4.33. The summed E-state index contributed by atoms with van der Waals surface area (Å²) in [7, 11) is 1.60. The van der Waals surface area contributed by atoms with Gasteiger partial charge in [0.15, 0.2) is 0 Å². The van der Waals surface area contributed by atoms with Crippen LogP contribution < -0.4 is 4.74 Å². The topological polar surface area (TPSA) is 66.8 Å². The Morgan fingerprint density at radius 1 is 1.13 bits per heavy atom. The zero-order valence-corrected chi connectivity index (χ0v) is 19.3. The van der Waals surface area contributed by atoms with E-state index in [4.69, 9.17) is 16.3 Å². The van der Waals surface area contributed by atoms with Crippen LogP contribution in [0.15, 0.2) is 48.0 Å². The van der Waals surface area contributed by atoms with Crippen LogP contribution in [0.2, 0.25) is 5.02 Å². The van der Waals surface area contributed by atoms with E-state index in [1.807, 2.05) is 33.8 Å². The molecule has 1 heterocycles. The molecule has 1 aliphatic heterocycles. The molecule has 1 amide bonds. The maximum absolute atomic E-state index is 13.0. The Balaban J connectivity index is 2.22. The van der Waals surface area contributed by atoms with Crippen molar-refractivity contribution in [3.8, 4) is 5.75 Å². The molecular formula is C25H28ClNO4. The Kier molecular flexibility index (Phi) is 6.46. The van der Waals surface area contributed by atoms with Gasteiger partial charge in [-0.05, 0) is 47.7 Å². The van der Waals surface area contributed by atoms with E-state index in [0.717, 1.165) is 11.1 Å². The van der Waals surface area contributed by atoms with Crippen molar-refractivity contribution >= 4 is 29.1 Å². The largest absolute Gasteiger partial charge is 0.507 e. The van der Waals surface area contributed by atoms with E-state index >= 15 is 0 Å². The number of halogens is 1. The molecule has 2 aromatic carbocycles. The van der Waals surface area contributed by atoms with E-state index < -0.39 is 17.7 Å². The van der Waals surface area contributed by atoms with Crippen LogP contribution in [0.4, 0.5) is 0 Å². The first-order valence-corrected chi connectivity index (χ1v) is 10.7. The minimum atomic E-state index is -0.681. The Hall–Kier alpha value is -2.79. The molecule has 1 atom stereocenters. The summed E-state index contributed by atoms with van der Waals surface area (Å²) >= 11 is 6.04. The highest BCUT2D eigenvalue weighted by molar-refractivity contribution is 6.46. The summed E-state index contributed by atoms with van der Waals surface area (Å²) in [5.74, 6) is -0.776. The molecule has 2 aromatic rings. The maximum atomic E-state index is 13.0. The number of methoxy groups -OCH3 is 1. The van der Waals surface area contributed by atoms with Crippen LogP contribution in [0.5, 0.6) is 5.75 Å². The maximum Gasteiger partial charge on any atom is 0.295 e. The average Bonchev–Trinajstić information content (AvgIpc) is 2.98. The van der Waals surface area contributed by atoms with Gasteiger partial charge in [-0.15, -0.1) is 0 Å². The number of amides is 1. The number of aliphatic hydroxyl groups excluding tert-OH is 1. The predicted octanol–water partition coefficient (Wildman–Crippen LogP) is 5.48. The normalized spacial score (nSPS) is 18.5. The van der Waals surface area contributed by atoms with E-state index in [9.17, 15) is 14.7 Å². The van der Waals surface area contributed by atoms with Crippen LogP contribution in [0.1, 0.15) is 56.8 Å². The van der Waals surface area contributed by atoms with Gasteiger partial charge in [0.1, 0.15) is 11.5 Å². The molecule has 0 aromatic heterocycles. The van der Waals surface area contributed by atoms with Crippen molar-refractivity contribution in [3.63, 3.8) is 0 Å². The number of hydrogen-bond acceptors (Lipinski definition) is 4. The number of likely N-dealkylation sites (tertiary alicyclic amines) is 1. The van der Waals surface area contributed by atoms with Crippen LogP contribution in [0, 0.1) is 0 Å². The monoisotopic (exact) mass is 441 g/mol. The zero-order chi connectivity index (χ0) is 22.9. The molecule has 0 saturated carbocycles. The number of aliphatic hydroxyl groups is 1. The van der Waals surface area contributed by atoms with Crippen LogP contribution in [-0.2, 0) is 15.0 Å². The van der Waals surface area contributed by atoms with Gasteiger partial charge in [-0.3, -0.25) is 9.59 Å². The minimum absolute atomic E-state index is 0.0887. The Labute approximate surface area is 188 Å². The zero-order valence-electron chi connectivity index (χ0n) is 18.5. The summed E-state index contributed by atoms with van der Waals surface area (Å²) in [6.45, 7) is 8.48. The third-order valence-corrected chi connectivity index (χ3v) is 5.72. The number of hydrogen-bond donors (Lipinski definition) is 1. The fraction of sp³-hybridized carbons (Fsp3) is 0.360. The molecule has 0 aliphatic carbocycles. The third-order valence-electron chi connectivity index (χ3n) is 5.47. The Bertz CT molecular complexity index is 1030. The highest BCUT2D eigenvalue weighted by Gasteiger charge is 2.45. The molecule has 31 heavy (non-hydrogen) atoms. The predicted molar refractivity (Wildman–Crippen MR) is 122 cm³/mol. The molecule has 6 heteroatoms. The quantitative estimate of drug-likeness (QED) is 0.379. The van der Waals surface area contributed by atoms with Gasteiger partial charge in [-0.1, -0.05) is 51.4 Å². The Morgan fingerprint density at radius 3 is 2.32 bits per heavy atom. The molecule has 1 fully saturated rings. The first-order chi connectivity index (χ1) is 14.6. The van der Waals surface area contributed by atoms with Crippen molar-refractivity contribution < 1.29 is 19.4 Å². The first-order valence-electron chi connectivity index (χ1n) is 10.3. The van der Waals surface area contributed by atoms with Crippen LogP contribution in [-0.4, -0.2) is 35.4 Å². The van der Waals surface area contributed by atoms with Crippen molar-refractivity contribution in [1.82, 2.24) is 4.90 Å². The number of benzene rings is 2. The summed E-state index contributed by atoms with van der Waals surface area (Å²) in [5, 5.41) is 11.8. The smallest absolute Gasteiger partial charge is 0.295 e. The summed E-state index contributed by atoms with van der Waals surface area (Å²) in [6, 6.07) is 11.6. The number of ether oxygens (including phenoxy) is 1. The summed E-state index contributed by atoms with van der Waals surface area (Å²) < 4.78 is 5.48. The molecular weight excluding hydrogens is 414 g/mol. The van der Waals surface area contributed by atoms with E-state index in [1.54, 1.807) is 43.5 Å². The van der Waals surface area contributed by atoms with Crippen molar-refractivity contribution in [2.45, 2.75) is 45.6 Å². The van der Waals surface area contributed by atoms with Gasteiger partial charge >= 0.3 is 0 Å². The SMILES string of the molecule is CCCN1C(=O)C(=O)/C(=C(\O)c2ccc(OC)c(C(C)(C)C)c2)C1c1ccc(Cl)cc1. The first kappa shape index (κ1) is 22.9. The van der Waals surface area contributed by atoms with Gasteiger partial charge in [-0.25, -0.2) is 0 Å². The van der Waals surface area contributed by atoms with Crippen molar-refractivity contribution in [3.05, 3.63) is 69.8 Å². The minimum Gasteiger partial charge on any atom is -0.507 e. The van der Waals surface area contributed by atoms with E-state index in [1.165, 1.54) is 4.90 Å². The number of rotatable bonds is 5. The lowest BCUT2D eigenvalue weighted by Gasteiger charge is -2.25. The highest BCUT2D eigenvalue weighted by atomic mass is 35.5. The summed E-state index contributed by atoms with van der Waals surface area (Å²) in [6.07, 6.45) is 0.688. The molecule has 0 spiro atoms. The molecule has 1 unspecified atom stereocenters. The van der Waals surface area contributed by atoms with Crippen LogP contribution in [0.25, 0.3) is 5.76 Å². The van der Waals surface area contributed by atoms with E-state index in [-0.39, 0.29) is 16.7 Å². The van der Waals surface area contributed by atoms with Gasteiger partial charge in [-0.2, -0.15) is 0 Å². The lowest BCUT2D eigenvalue weighted by atomic mass is 9.84. The fourth-order valence-corrected chi connectivity index (χ4v) is 4.07. The summed E-state index contributed by atoms with van der Waals surface area (Å²) in [5.41, 5.74) is 1.93. The standard InChI is InChI=1S/C25H28ClNO4/c1-6-13-27-21(15-7-10-17(26)11-8-15)20(23(29)24(27)30)22(28)16-9-12-19(31-5)18(14-16)25(2,3)4/h7-12,14,21,28H,6,13H2,1-5H3/b22-20-. The second-order valence-electron chi connectivity index (χ2n) is 8.71. The van der Waals surface area contributed by atoms with Gasteiger partial charge in [0.2, 0.25) is 0 Å². The number of ketones is 1. The average molecular weight is 442 g/mol. The van der Waals surface area contributed by atoms with Crippen molar-refractivity contribution in [2.75, 3.05) is 13.7 Å². The van der Waals surface area contributed by atoms with E-state index in [2.05, 4.69) is 0 Å². The molecule has 3 rings (SSSR count). The van der Waals surface area contributed by atoms with Gasteiger partial charge in [0.25, 0.3) is 11.7 Å². The summed E-state index contributed by atoms with van der Waals surface area (Å²) in [4.78, 5) is 27.3. The number of Topliss-reactive ketones (excluding diaryl/α,β-unsaturated/α-hetero) is 1. The number of carbonyl (C=O) groups excluding carboxylic acids is 2. The molecule has 1 aliphatic rings. The highest BCUT2D eigenvalue weighted by Crippen LogP contribution is 2.41. The number of carbonyl (C=O) groups is 2. The molecule has 5 nitrogen and oxygen atoms in total. The van der Waals surface area contributed by atoms with E-state index in [0.29, 0.717) is 29.3 Å². The van der Waals surface area contributed by atoms with Gasteiger partial charge in [0.05, 0.1) is 18.7 Å². The van der Waals surface area contributed by atoms with Gasteiger partial charge < -0.3 is 14.7 Å². The molecule has 0 bridgehead atoms. The second kappa shape index (κ2) is 8.75. The Morgan fingerprint density at radius 2 is 1.77 bits per heavy atom. The fourth-order valence-electron chi connectivity index (χ4n) is 3.94. The number of nitrogens with zero attached hydrogens (tertiary/aromatic N) is 1. The molecule has 1 N–H and O–H groups in total. The lowest BCUT2D eigenvalue weighted by molar-refractivity contribution is -0.139. The molecule has 164 valence electrons. The van der Waals surface area contributed by atoms with Gasteiger partial charge in [0, 0.05) is 22.7 Å². The van der Waals surface area contributed by atoms with Crippen LogP contribution >= 0.6 is 11.6 Å². The molecule has 1 saturated heterocycles. The molecule has 0 radical (unpaired) electrons. The second-order valence-corrected chi connectivity index (χ2v) is 9.15. The van der Waals surface area contributed by atoms with Crippen molar-refractivity contribution in [1.29, 1.82) is 0 Å².